The quantitative estimate of drug-likeness (QED) is 0.718. The third-order valence-electron chi connectivity index (χ3n) is 2.26. The highest BCUT2D eigenvalue weighted by molar-refractivity contribution is 7.95. The summed E-state index contributed by atoms with van der Waals surface area (Å²) in [6, 6.07) is 7.25. The van der Waals surface area contributed by atoms with Gasteiger partial charge in [-0.1, -0.05) is 12.1 Å². The number of pyridine rings is 1. The van der Waals surface area contributed by atoms with Crippen LogP contribution < -0.4 is 5.56 Å². The topological polar surface area (TPSA) is 53.1 Å². The van der Waals surface area contributed by atoms with Crippen LogP contribution >= 0.6 is 0 Å². The van der Waals surface area contributed by atoms with Gasteiger partial charge in [0.15, 0.2) is 5.75 Å². The van der Waals surface area contributed by atoms with Crippen LogP contribution in [0.3, 0.4) is 0 Å². The van der Waals surface area contributed by atoms with Crippen LogP contribution in [0.2, 0.25) is 0 Å². The van der Waals surface area contributed by atoms with Crippen molar-refractivity contribution in [2.45, 2.75) is 4.90 Å². The van der Waals surface area contributed by atoms with Gasteiger partial charge >= 0.3 is 5.56 Å². The molecule has 1 aromatic carbocycles. The van der Waals surface area contributed by atoms with Crippen molar-refractivity contribution >= 4 is 21.8 Å². The van der Waals surface area contributed by atoms with Crippen LogP contribution in [0.5, 0.6) is 5.75 Å². The van der Waals surface area contributed by atoms with Crippen LogP contribution in [0, 0.1) is 0 Å². The van der Waals surface area contributed by atoms with Crippen molar-refractivity contribution in [1.29, 1.82) is 0 Å². The van der Waals surface area contributed by atoms with Crippen LogP contribution in [0.15, 0.2) is 34.0 Å². The van der Waals surface area contributed by atoms with E-state index >= 15 is 0 Å². The summed E-state index contributed by atoms with van der Waals surface area (Å²) in [7, 11) is -0.252. The van der Waals surface area contributed by atoms with E-state index in [4.69, 9.17) is 0 Å². The van der Waals surface area contributed by atoms with Crippen molar-refractivity contribution in [3.05, 3.63) is 34.6 Å². The predicted molar refractivity (Wildman–Crippen MR) is 63.7 cm³/mol. The Morgan fingerprint density at radius 3 is 2.60 bits per heavy atom. The molecule has 0 aliphatic carbocycles. The Morgan fingerprint density at radius 1 is 1.27 bits per heavy atom. The molecule has 0 fully saturated rings. The van der Waals surface area contributed by atoms with E-state index in [0.29, 0.717) is 15.8 Å². The Hall–Kier alpha value is -1.42. The lowest BCUT2D eigenvalue weighted by Crippen LogP contribution is -2.16. The van der Waals surface area contributed by atoms with Gasteiger partial charge in [0.05, 0.1) is 5.52 Å². The van der Waals surface area contributed by atoms with Crippen LogP contribution in [0.4, 0.5) is 0 Å². The van der Waals surface area contributed by atoms with Gasteiger partial charge in [0.1, 0.15) is 12.5 Å². The van der Waals surface area contributed by atoms with Crippen molar-refractivity contribution in [3.63, 3.8) is 0 Å². The Labute approximate surface area is 90.1 Å². The van der Waals surface area contributed by atoms with Gasteiger partial charge in [0.25, 0.3) is 4.90 Å². The lowest BCUT2D eigenvalue weighted by atomic mass is 10.2. The summed E-state index contributed by atoms with van der Waals surface area (Å²) >= 11 is 0. The third-order valence-corrected chi connectivity index (χ3v) is 3.46. The highest BCUT2D eigenvalue weighted by atomic mass is 32.2. The number of rotatable bonds is 1. The highest BCUT2D eigenvalue weighted by Crippen LogP contribution is 2.27. The molecule has 0 saturated heterocycles. The lowest BCUT2D eigenvalue weighted by Gasteiger charge is -2.03. The number of hydrogen-bond donors (Lipinski definition) is 2. The van der Waals surface area contributed by atoms with Gasteiger partial charge in [0, 0.05) is 16.3 Å². The standard InChI is InChI=1S/C11H11NO2S/c1-15(2)10-9(13)7-5-3-4-6-8(7)12-11(10)14/h3-6H,1-2H3,(H-,12,13,14)/p+1. The SMILES string of the molecule is C[S+](C)c1c(O)c2ccccc2[nH]c1=O. The summed E-state index contributed by atoms with van der Waals surface area (Å²) in [5, 5.41) is 10.7. The van der Waals surface area contributed by atoms with E-state index < -0.39 is 0 Å². The minimum Gasteiger partial charge on any atom is -0.503 e. The molecule has 0 spiro atoms. The molecule has 2 aromatic rings. The molecule has 0 aliphatic rings. The van der Waals surface area contributed by atoms with Crippen LogP contribution in [0.1, 0.15) is 0 Å². The summed E-state index contributed by atoms with van der Waals surface area (Å²) < 4.78 is 0. The van der Waals surface area contributed by atoms with E-state index in [9.17, 15) is 9.90 Å². The summed E-state index contributed by atoms with van der Waals surface area (Å²) in [4.78, 5) is 14.9. The first-order chi connectivity index (χ1) is 7.11. The Kier molecular flexibility index (Phi) is 2.44. The highest BCUT2D eigenvalue weighted by Gasteiger charge is 2.22. The summed E-state index contributed by atoms with van der Waals surface area (Å²) in [5.74, 6) is 0.114. The molecule has 0 atom stereocenters. The first kappa shape index (κ1) is 10.1. The molecule has 2 rings (SSSR count). The fraction of sp³-hybridized carbons (Fsp3) is 0.182. The van der Waals surface area contributed by atoms with Crippen LogP contribution in [-0.4, -0.2) is 22.6 Å². The van der Waals surface area contributed by atoms with Crippen molar-refractivity contribution in [1.82, 2.24) is 4.98 Å². The molecule has 0 unspecified atom stereocenters. The van der Waals surface area contributed by atoms with Gasteiger partial charge in [-0.2, -0.15) is 0 Å². The average Bonchev–Trinajstić information content (AvgIpc) is 2.17. The fourth-order valence-corrected chi connectivity index (χ4v) is 2.50. The van der Waals surface area contributed by atoms with Gasteiger partial charge in [0.2, 0.25) is 0 Å². The van der Waals surface area contributed by atoms with Crippen molar-refractivity contribution in [3.8, 4) is 5.75 Å². The smallest absolute Gasteiger partial charge is 0.307 e. The first-order valence-corrected chi connectivity index (χ1v) is 6.57. The largest absolute Gasteiger partial charge is 0.503 e. The molecular formula is C11H12NO2S+. The van der Waals surface area contributed by atoms with Crippen LogP contribution in [-0.2, 0) is 10.9 Å². The molecule has 0 radical (unpaired) electrons. The summed E-state index contributed by atoms with van der Waals surface area (Å²) in [6.07, 6.45) is 3.83. The zero-order valence-corrected chi connectivity index (χ0v) is 9.39. The maximum atomic E-state index is 11.7. The molecule has 1 aromatic heterocycles. The molecule has 4 heteroatoms. The number of aromatic amines is 1. The predicted octanol–water partition coefficient (Wildman–Crippen LogP) is 1.47. The molecule has 3 nitrogen and oxygen atoms in total. The number of H-pyrrole nitrogens is 1. The van der Waals surface area contributed by atoms with Crippen molar-refractivity contribution in [2.75, 3.05) is 12.5 Å². The average molecular weight is 222 g/mol. The van der Waals surface area contributed by atoms with E-state index in [1.165, 1.54) is 0 Å². The number of aromatic hydroxyl groups is 1. The van der Waals surface area contributed by atoms with Gasteiger partial charge in [-0.3, -0.25) is 4.79 Å². The Morgan fingerprint density at radius 2 is 1.93 bits per heavy atom. The van der Waals surface area contributed by atoms with E-state index in [2.05, 4.69) is 4.98 Å². The second kappa shape index (κ2) is 3.62. The monoisotopic (exact) mass is 222 g/mol. The zero-order chi connectivity index (χ0) is 11.0. The molecule has 0 amide bonds. The number of para-hydroxylation sites is 1. The zero-order valence-electron chi connectivity index (χ0n) is 8.57. The van der Waals surface area contributed by atoms with E-state index in [0.717, 1.165) is 0 Å². The van der Waals surface area contributed by atoms with Crippen LogP contribution in [0.25, 0.3) is 10.9 Å². The second-order valence-electron chi connectivity index (χ2n) is 3.49. The number of hydrogen-bond acceptors (Lipinski definition) is 2. The van der Waals surface area contributed by atoms with Crippen molar-refractivity contribution in [2.24, 2.45) is 0 Å². The molecule has 1 heterocycles. The van der Waals surface area contributed by atoms with E-state index in [-0.39, 0.29) is 22.2 Å². The lowest BCUT2D eigenvalue weighted by molar-refractivity contribution is 0.466. The number of nitrogens with one attached hydrogen (secondary N) is 1. The molecular weight excluding hydrogens is 210 g/mol. The second-order valence-corrected chi connectivity index (χ2v) is 5.54. The van der Waals surface area contributed by atoms with Gasteiger partial charge in [-0.15, -0.1) is 0 Å². The third kappa shape index (κ3) is 1.61. The normalized spacial score (nSPS) is 11.1. The Bertz CT molecular complexity index is 560. The number of benzene rings is 1. The van der Waals surface area contributed by atoms with E-state index in [1.54, 1.807) is 12.1 Å². The minimum atomic E-state index is -0.252. The molecule has 78 valence electrons. The maximum Gasteiger partial charge on any atom is 0.307 e. The summed E-state index contributed by atoms with van der Waals surface area (Å²) in [6.45, 7) is 0. The molecule has 15 heavy (non-hydrogen) atoms. The van der Waals surface area contributed by atoms with Gasteiger partial charge < -0.3 is 10.1 Å². The number of fused-ring (bicyclic) bond motifs is 1. The fourth-order valence-electron chi connectivity index (χ4n) is 1.59. The van der Waals surface area contributed by atoms with E-state index in [1.807, 2.05) is 24.6 Å². The van der Waals surface area contributed by atoms with Gasteiger partial charge in [-0.25, -0.2) is 0 Å². The molecule has 0 saturated carbocycles. The number of aromatic nitrogens is 1. The minimum absolute atomic E-state index is 0.114. The molecule has 2 N–H and O–H groups in total. The molecule has 0 aliphatic heterocycles. The first-order valence-electron chi connectivity index (χ1n) is 4.53. The maximum absolute atomic E-state index is 11.7. The van der Waals surface area contributed by atoms with Gasteiger partial charge in [-0.05, 0) is 12.1 Å². The molecule has 0 bridgehead atoms. The summed E-state index contributed by atoms with van der Waals surface area (Å²) in [5.41, 5.74) is 0.480. The van der Waals surface area contributed by atoms with Crippen molar-refractivity contribution < 1.29 is 5.11 Å². The Balaban J connectivity index is 2.90.